The molecule has 122 valence electrons. The van der Waals surface area contributed by atoms with Gasteiger partial charge in [0.1, 0.15) is 11.5 Å². The van der Waals surface area contributed by atoms with Gasteiger partial charge in [0, 0.05) is 25.3 Å². The van der Waals surface area contributed by atoms with Crippen molar-refractivity contribution >= 4 is 5.91 Å². The lowest BCUT2D eigenvalue weighted by Gasteiger charge is -2.32. The van der Waals surface area contributed by atoms with Gasteiger partial charge in [-0.3, -0.25) is 9.89 Å². The van der Waals surface area contributed by atoms with Crippen molar-refractivity contribution in [2.45, 2.75) is 25.9 Å². The van der Waals surface area contributed by atoms with E-state index in [1.54, 1.807) is 23.1 Å². The molecule has 2 heterocycles. The standard InChI is InChI=1S/C17H20FN3O2/c1-2-23-14-4-3-9-21(11-14)17(22)16-10-15(19-20-16)12-5-7-13(18)8-6-12/h5-8,10,14H,2-4,9,11H2,1H3,(H,19,20)/t14-/m1/s1. The molecule has 2 aromatic rings. The molecule has 0 saturated carbocycles. The molecule has 1 aromatic heterocycles. The van der Waals surface area contributed by atoms with Crippen LogP contribution < -0.4 is 0 Å². The minimum absolute atomic E-state index is 0.0738. The summed E-state index contributed by atoms with van der Waals surface area (Å²) in [5.41, 5.74) is 1.85. The summed E-state index contributed by atoms with van der Waals surface area (Å²) in [6.07, 6.45) is 2.04. The number of ether oxygens (including phenoxy) is 1. The Labute approximate surface area is 134 Å². The van der Waals surface area contributed by atoms with Crippen molar-refractivity contribution in [1.82, 2.24) is 15.1 Å². The van der Waals surface area contributed by atoms with Crippen molar-refractivity contribution in [1.29, 1.82) is 0 Å². The largest absolute Gasteiger partial charge is 0.377 e. The quantitative estimate of drug-likeness (QED) is 0.943. The van der Waals surface area contributed by atoms with E-state index < -0.39 is 0 Å². The second-order valence-electron chi connectivity index (χ2n) is 5.64. The van der Waals surface area contributed by atoms with Gasteiger partial charge in [-0.25, -0.2) is 4.39 Å². The second-order valence-corrected chi connectivity index (χ2v) is 5.64. The number of carbonyl (C=O) groups excluding carboxylic acids is 1. The normalized spacial score (nSPS) is 18.2. The molecule has 3 rings (SSSR count). The lowest BCUT2D eigenvalue weighted by atomic mass is 10.1. The average Bonchev–Trinajstić information content (AvgIpc) is 3.05. The van der Waals surface area contributed by atoms with E-state index in [9.17, 15) is 9.18 Å². The molecule has 0 radical (unpaired) electrons. The lowest BCUT2D eigenvalue weighted by Crippen LogP contribution is -2.43. The summed E-state index contributed by atoms with van der Waals surface area (Å²) in [6.45, 7) is 3.96. The highest BCUT2D eigenvalue weighted by Gasteiger charge is 2.25. The van der Waals surface area contributed by atoms with Gasteiger partial charge in [0.25, 0.3) is 5.91 Å². The van der Waals surface area contributed by atoms with Gasteiger partial charge in [0.05, 0.1) is 11.8 Å². The maximum Gasteiger partial charge on any atom is 0.271 e. The first-order valence-corrected chi connectivity index (χ1v) is 7.89. The number of piperidine rings is 1. The summed E-state index contributed by atoms with van der Waals surface area (Å²) >= 11 is 0. The smallest absolute Gasteiger partial charge is 0.271 e. The van der Waals surface area contributed by atoms with Crippen LogP contribution in [-0.4, -0.2) is 46.8 Å². The van der Waals surface area contributed by atoms with Gasteiger partial charge in [0.2, 0.25) is 0 Å². The molecule has 1 atom stereocenters. The summed E-state index contributed by atoms with van der Waals surface area (Å²) < 4.78 is 18.6. The van der Waals surface area contributed by atoms with E-state index in [1.165, 1.54) is 12.1 Å². The van der Waals surface area contributed by atoms with Crippen molar-refractivity contribution in [3.05, 3.63) is 41.8 Å². The van der Waals surface area contributed by atoms with Gasteiger partial charge in [-0.2, -0.15) is 5.10 Å². The second kappa shape index (κ2) is 6.91. The Morgan fingerprint density at radius 1 is 1.43 bits per heavy atom. The SMILES string of the molecule is CCO[C@@H]1CCCN(C(=O)c2cc(-c3ccc(F)cc3)n[nH]2)C1. The van der Waals surface area contributed by atoms with Crippen LogP contribution >= 0.6 is 0 Å². The van der Waals surface area contributed by atoms with Gasteiger partial charge in [0.15, 0.2) is 0 Å². The van der Waals surface area contributed by atoms with E-state index in [0.717, 1.165) is 24.9 Å². The van der Waals surface area contributed by atoms with E-state index in [-0.39, 0.29) is 17.8 Å². The minimum atomic E-state index is -0.295. The Morgan fingerprint density at radius 3 is 2.96 bits per heavy atom. The number of benzene rings is 1. The molecule has 1 N–H and O–H groups in total. The van der Waals surface area contributed by atoms with Gasteiger partial charge in [-0.15, -0.1) is 0 Å². The summed E-state index contributed by atoms with van der Waals surface area (Å²) in [7, 11) is 0. The highest BCUT2D eigenvalue weighted by Crippen LogP contribution is 2.20. The number of aromatic amines is 1. The molecule has 5 nitrogen and oxygen atoms in total. The van der Waals surface area contributed by atoms with Crippen molar-refractivity contribution in [3.63, 3.8) is 0 Å². The van der Waals surface area contributed by atoms with Crippen LogP contribution in [-0.2, 0) is 4.74 Å². The van der Waals surface area contributed by atoms with E-state index in [4.69, 9.17) is 4.74 Å². The number of nitrogens with one attached hydrogen (secondary N) is 1. The van der Waals surface area contributed by atoms with E-state index in [1.807, 2.05) is 6.92 Å². The molecule has 1 amide bonds. The molecule has 0 bridgehead atoms. The molecule has 0 unspecified atom stereocenters. The average molecular weight is 317 g/mol. The Kier molecular flexibility index (Phi) is 4.71. The molecule has 1 aliphatic heterocycles. The van der Waals surface area contributed by atoms with Gasteiger partial charge in [-0.05, 0) is 50.1 Å². The van der Waals surface area contributed by atoms with Crippen molar-refractivity contribution < 1.29 is 13.9 Å². The molecule has 0 aliphatic carbocycles. The van der Waals surface area contributed by atoms with Crippen LogP contribution in [0.3, 0.4) is 0 Å². The minimum Gasteiger partial charge on any atom is -0.377 e. The molecule has 1 aromatic carbocycles. The first-order chi connectivity index (χ1) is 11.2. The number of halogens is 1. The third kappa shape index (κ3) is 3.59. The predicted octanol–water partition coefficient (Wildman–Crippen LogP) is 2.86. The third-order valence-corrected chi connectivity index (χ3v) is 4.02. The van der Waals surface area contributed by atoms with Crippen LogP contribution in [0.25, 0.3) is 11.3 Å². The fourth-order valence-corrected chi connectivity index (χ4v) is 2.86. The zero-order valence-corrected chi connectivity index (χ0v) is 13.1. The summed E-state index contributed by atoms with van der Waals surface area (Å²) in [6, 6.07) is 7.75. The van der Waals surface area contributed by atoms with Crippen LogP contribution in [0.1, 0.15) is 30.3 Å². The number of hydrogen-bond donors (Lipinski definition) is 1. The van der Waals surface area contributed by atoms with Crippen LogP contribution in [0.15, 0.2) is 30.3 Å². The summed E-state index contributed by atoms with van der Waals surface area (Å²) in [5, 5.41) is 6.95. The number of hydrogen-bond acceptors (Lipinski definition) is 3. The number of amides is 1. The molecule has 0 spiro atoms. The zero-order chi connectivity index (χ0) is 16.2. The van der Waals surface area contributed by atoms with E-state index in [0.29, 0.717) is 24.5 Å². The van der Waals surface area contributed by atoms with Crippen LogP contribution in [0, 0.1) is 5.82 Å². The first kappa shape index (κ1) is 15.7. The van der Waals surface area contributed by atoms with Crippen LogP contribution in [0.5, 0.6) is 0 Å². The predicted molar refractivity (Wildman–Crippen MR) is 84.5 cm³/mol. The van der Waals surface area contributed by atoms with Crippen LogP contribution in [0.4, 0.5) is 4.39 Å². The van der Waals surface area contributed by atoms with Gasteiger partial charge >= 0.3 is 0 Å². The van der Waals surface area contributed by atoms with Crippen molar-refractivity contribution in [3.8, 4) is 11.3 Å². The molecular formula is C17H20FN3O2. The van der Waals surface area contributed by atoms with Crippen molar-refractivity contribution in [2.75, 3.05) is 19.7 Å². The van der Waals surface area contributed by atoms with Gasteiger partial charge < -0.3 is 9.64 Å². The monoisotopic (exact) mass is 317 g/mol. The van der Waals surface area contributed by atoms with Gasteiger partial charge in [-0.1, -0.05) is 0 Å². The summed E-state index contributed by atoms with van der Waals surface area (Å²) in [5.74, 6) is -0.369. The molecular weight excluding hydrogens is 297 g/mol. The maximum absolute atomic E-state index is 13.0. The number of aromatic nitrogens is 2. The topological polar surface area (TPSA) is 58.2 Å². The van der Waals surface area contributed by atoms with Crippen LogP contribution in [0.2, 0.25) is 0 Å². The zero-order valence-electron chi connectivity index (χ0n) is 13.1. The highest BCUT2D eigenvalue weighted by atomic mass is 19.1. The molecule has 23 heavy (non-hydrogen) atoms. The Morgan fingerprint density at radius 2 is 2.22 bits per heavy atom. The fourth-order valence-electron chi connectivity index (χ4n) is 2.86. The number of nitrogens with zero attached hydrogens (tertiary/aromatic N) is 2. The maximum atomic E-state index is 13.0. The van der Waals surface area contributed by atoms with E-state index >= 15 is 0 Å². The van der Waals surface area contributed by atoms with E-state index in [2.05, 4.69) is 10.2 Å². The number of likely N-dealkylation sites (tertiary alicyclic amines) is 1. The lowest BCUT2D eigenvalue weighted by molar-refractivity contribution is 0.00703. The fraction of sp³-hybridized carbons (Fsp3) is 0.412. The molecule has 6 heteroatoms. The Hall–Kier alpha value is -2.21. The first-order valence-electron chi connectivity index (χ1n) is 7.89. The highest BCUT2D eigenvalue weighted by molar-refractivity contribution is 5.93. The third-order valence-electron chi connectivity index (χ3n) is 4.02. The molecule has 1 fully saturated rings. The van der Waals surface area contributed by atoms with Crippen molar-refractivity contribution in [2.24, 2.45) is 0 Å². The summed E-state index contributed by atoms with van der Waals surface area (Å²) in [4.78, 5) is 14.4. The Balaban J connectivity index is 1.72. The molecule has 1 saturated heterocycles. The number of H-pyrrole nitrogens is 1. The Bertz CT molecular complexity index is 667. The number of rotatable bonds is 4. The molecule has 1 aliphatic rings. The number of carbonyl (C=O) groups is 1.